The van der Waals surface area contributed by atoms with Gasteiger partial charge in [-0.2, -0.15) is 0 Å². The van der Waals surface area contributed by atoms with Crippen LogP contribution in [0.5, 0.6) is 0 Å². The standard InChI is InChI=1S/C19H15F2NO4/c1-10-15-9-13(21)6-7-16(15)26-17(10)19(24)25-11(2)18(23)22-14-5-3-4-12(20)8-14/h3-9,11H,1-2H3,(H,22,23)/t11-/m1/s1. The molecule has 1 N–H and O–H groups in total. The average Bonchev–Trinajstić information content (AvgIpc) is 2.91. The van der Waals surface area contributed by atoms with E-state index in [9.17, 15) is 18.4 Å². The van der Waals surface area contributed by atoms with Gasteiger partial charge in [-0.15, -0.1) is 0 Å². The first kappa shape index (κ1) is 17.6. The predicted molar refractivity (Wildman–Crippen MR) is 90.8 cm³/mol. The van der Waals surface area contributed by atoms with E-state index < -0.39 is 29.6 Å². The van der Waals surface area contributed by atoms with Gasteiger partial charge in [-0.3, -0.25) is 4.79 Å². The second kappa shape index (κ2) is 6.95. The number of carbonyl (C=O) groups is 2. The number of furan rings is 1. The number of nitrogens with one attached hydrogen (secondary N) is 1. The van der Waals surface area contributed by atoms with Gasteiger partial charge in [-0.25, -0.2) is 13.6 Å². The van der Waals surface area contributed by atoms with Crippen molar-refractivity contribution in [1.29, 1.82) is 0 Å². The highest BCUT2D eigenvalue weighted by molar-refractivity contribution is 5.99. The third-order valence-corrected chi connectivity index (χ3v) is 3.83. The van der Waals surface area contributed by atoms with Crippen molar-refractivity contribution >= 4 is 28.5 Å². The summed E-state index contributed by atoms with van der Waals surface area (Å²) in [6, 6.07) is 9.22. The molecule has 0 aliphatic rings. The van der Waals surface area contributed by atoms with Crippen LogP contribution in [0, 0.1) is 18.6 Å². The molecule has 3 aromatic rings. The maximum absolute atomic E-state index is 13.3. The molecule has 0 spiro atoms. The molecule has 5 nitrogen and oxygen atoms in total. The number of amides is 1. The van der Waals surface area contributed by atoms with Crippen LogP contribution in [0.4, 0.5) is 14.5 Å². The summed E-state index contributed by atoms with van der Waals surface area (Å²) in [5, 5.41) is 2.90. The van der Waals surface area contributed by atoms with Gasteiger partial charge in [0.1, 0.15) is 17.2 Å². The molecule has 0 saturated carbocycles. The van der Waals surface area contributed by atoms with E-state index in [4.69, 9.17) is 9.15 Å². The van der Waals surface area contributed by atoms with Gasteiger partial charge in [0.2, 0.25) is 5.76 Å². The third kappa shape index (κ3) is 3.56. The predicted octanol–water partition coefficient (Wildman–Crippen LogP) is 4.20. The van der Waals surface area contributed by atoms with Crippen molar-refractivity contribution < 1.29 is 27.5 Å². The van der Waals surface area contributed by atoms with Crippen LogP contribution in [0.15, 0.2) is 46.9 Å². The van der Waals surface area contributed by atoms with Gasteiger partial charge < -0.3 is 14.5 Å². The average molecular weight is 359 g/mol. The number of aryl methyl sites for hydroxylation is 1. The number of hydrogen-bond acceptors (Lipinski definition) is 4. The Hall–Kier alpha value is -3.22. The molecule has 0 unspecified atom stereocenters. The minimum absolute atomic E-state index is 0.101. The summed E-state index contributed by atoms with van der Waals surface area (Å²) < 4.78 is 37.0. The molecule has 1 aromatic heterocycles. The molecule has 3 rings (SSSR count). The van der Waals surface area contributed by atoms with Gasteiger partial charge in [-0.05, 0) is 50.2 Å². The van der Waals surface area contributed by atoms with Crippen LogP contribution >= 0.6 is 0 Å². The summed E-state index contributed by atoms with van der Waals surface area (Å²) in [5.74, 6) is -2.53. The maximum Gasteiger partial charge on any atom is 0.375 e. The zero-order valence-corrected chi connectivity index (χ0v) is 14.0. The zero-order chi connectivity index (χ0) is 18.8. The van der Waals surface area contributed by atoms with Crippen LogP contribution < -0.4 is 5.32 Å². The molecule has 0 fully saturated rings. The first-order valence-corrected chi connectivity index (χ1v) is 7.81. The molecule has 0 radical (unpaired) electrons. The Kier molecular flexibility index (Phi) is 4.71. The Balaban J connectivity index is 1.73. The first-order valence-electron chi connectivity index (χ1n) is 7.81. The summed E-state index contributed by atoms with van der Waals surface area (Å²) in [6.07, 6.45) is -1.14. The van der Waals surface area contributed by atoms with E-state index >= 15 is 0 Å². The molecule has 1 atom stereocenters. The molecular formula is C19H15F2NO4. The normalized spacial score (nSPS) is 12.0. The summed E-state index contributed by atoms with van der Waals surface area (Å²) in [6.45, 7) is 2.98. The smallest absolute Gasteiger partial charge is 0.375 e. The molecule has 0 bridgehead atoms. The quantitative estimate of drug-likeness (QED) is 0.709. The van der Waals surface area contributed by atoms with Gasteiger partial charge in [0.05, 0.1) is 0 Å². The molecule has 1 amide bonds. The van der Waals surface area contributed by atoms with E-state index in [1.54, 1.807) is 6.92 Å². The number of esters is 1. The second-order valence-electron chi connectivity index (χ2n) is 5.74. The van der Waals surface area contributed by atoms with Gasteiger partial charge in [0.15, 0.2) is 6.10 Å². The van der Waals surface area contributed by atoms with E-state index in [-0.39, 0.29) is 11.4 Å². The maximum atomic E-state index is 13.3. The Labute approximate surface area is 147 Å². The van der Waals surface area contributed by atoms with Crippen LogP contribution in [0.1, 0.15) is 23.0 Å². The van der Waals surface area contributed by atoms with Gasteiger partial charge >= 0.3 is 5.97 Å². The zero-order valence-electron chi connectivity index (χ0n) is 14.0. The number of halogens is 2. The van der Waals surface area contributed by atoms with Crippen molar-refractivity contribution in [3.8, 4) is 0 Å². The van der Waals surface area contributed by atoms with E-state index in [1.807, 2.05) is 0 Å². The lowest BCUT2D eigenvalue weighted by atomic mass is 10.1. The number of carbonyl (C=O) groups excluding carboxylic acids is 2. The number of anilines is 1. The SMILES string of the molecule is Cc1c(C(=O)O[C@H](C)C(=O)Nc2cccc(F)c2)oc2ccc(F)cc12. The number of ether oxygens (including phenoxy) is 1. The fourth-order valence-corrected chi connectivity index (χ4v) is 2.47. The first-order chi connectivity index (χ1) is 12.3. The van der Waals surface area contributed by atoms with E-state index in [0.717, 1.165) is 6.07 Å². The highest BCUT2D eigenvalue weighted by Gasteiger charge is 2.24. The van der Waals surface area contributed by atoms with E-state index in [2.05, 4.69) is 5.32 Å². The van der Waals surface area contributed by atoms with Crippen molar-refractivity contribution in [1.82, 2.24) is 0 Å². The number of fused-ring (bicyclic) bond motifs is 1. The van der Waals surface area contributed by atoms with Crippen LogP contribution in [-0.2, 0) is 9.53 Å². The third-order valence-electron chi connectivity index (χ3n) is 3.83. The topological polar surface area (TPSA) is 68.5 Å². The Morgan fingerprint density at radius 3 is 2.58 bits per heavy atom. The molecule has 7 heteroatoms. The monoisotopic (exact) mass is 359 g/mol. The molecule has 26 heavy (non-hydrogen) atoms. The minimum Gasteiger partial charge on any atom is -0.449 e. The molecule has 0 saturated heterocycles. The van der Waals surface area contributed by atoms with Gasteiger partial charge in [0, 0.05) is 16.6 Å². The fraction of sp³-hybridized carbons (Fsp3) is 0.158. The lowest BCUT2D eigenvalue weighted by Gasteiger charge is -2.13. The summed E-state index contributed by atoms with van der Waals surface area (Å²) in [5.41, 5.74) is 1.00. The molecule has 134 valence electrons. The minimum atomic E-state index is -1.14. The summed E-state index contributed by atoms with van der Waals surface area (Å²) in [7, 11) is 0. The molecule has 2 aromatic carbocycles. The molecule has 0 aliphatic carbocycles. The molecule has 0 aliphatic heterocycles. The lowest BCUT2D eigenvalue weighted by Crippen LogP contribution is -2.30. The van der Waals surface area contributed by atoms with Crippen molar-refractivity contribution in [2.75, 3.05) is 5.32 Å². The Bertz CT molecular complexity index is 996. The highest BCUT2D eigenvalue weighted by Crippen LogP contribution is 2.26. The van der Waals surface area contributed by atoms with Crippen molar-refractivity contribution in [3.05, 3.63) is 65.4 Å². The lowest BCUT2D eigenvalue weighted by molar-refractivity contribution is -0.123. The number of benzene rings is 2. The van der Waals surface area contributed by atoms with Crippen molar-refractivity contribution in [2.45, 2.75) is 20.0 Å². The summed E-state index contributed by atoms with van der Waals surface area (Å²) in [4.78, 5) is 24.4. The second-order valence-corrected chi connectivity index (χ2v) is 5.74. The Morgan fingerprint density at radius 1 is 1.12 bits per heavy atom. The van der Waals surface area contributed by atoms with E-state index in [1.165, 1.54) is 43.3 Å². The van der Waals surface area contributed by atoms with E-state index in [0.29, 0.717) is 16.5 Å². The van der Waals surface area contributed by atoms with Crippen LogP contribution in [0.2, 0.25) is 0 Å². The molecular weight excluding hydrogens is 344 g/mol. The van der Waals surface area contributed by atoms with Crippen LogP contribution in [0.3, 0.4) is 0 Å². The summed E-state index contributed by atoms with van der Waals surface area (Å²) >= 11 is 0. The highest BCUT2D eigenvalue weighted by atomic mass is 19.1. The van der Waals surface area contributed by atoms with Crippen molar-refractivity contribution in [2.24, 2.45) is 0 Å². The van der Waals surface area contributed by atoms with Gasteiger partial charge in [0.25, 0.3) is 5.91 Å². The van der Waals surface area contributed by atoms with Crippen LogP contribution in [0.25, 0.3) is 11.0 Å². The van der Waals surface area contributed by atoms with Crippen LogP contribution in [-0.4, -0.2) is 18.0 Å². The van der Waals surface area contributed by atoms with Crippen molar-refractivity contribution in [3.63, 3.8) is 0 Å². The molecule has 1 heterocycles. The number of rotatable bonds is 4. The largest absolute Gasteiger partial charge is 0.449 e. The van der Waals surface area contributed by atoms with Gasteiger partial charge in [-0.1, -0.05) is 6.07 Å². The fourth-order valence-electron chi connectivity index (χ4n) is 2.47. The Morgan fingerprint density at radius 2 is 1.85 bits per heavy atom. The number of hydrogen-bond donors (Lipinski definition) is 1.